The Kier molecular flexibility index (Phi) is 25.4. The first-order chi connectivity index (χ1) is 20.0. The largest absolute Gasteiger partial charge is 0.756 e. The number of phosphoric ester groups is 1. The maximum atomic E-state index is 12.5. The van der Waals surface area contributed by atoms with Gasteiger partial charge >= 0.3 is 11.9 Å². The molecule has 0 amide bonds. The van der Waals surface area contributed by atoms with E-state index in [0.717, 1.165) is 64.2 Å². The first-order valence-corrected chi connectivity index (χ1v) is 17.9. The molecule has 0 saturated heterocycles. The van der Waals surface area contributed by atoms with E-state index in [1.54, 1.807) is 0 Å². The van der Waals surface area contributed by atoms with E-state index in [2.05, 4.69) is 26.0 Å². The number of hydrogen-bond donors (Lipinski definition) is 0. The molecule has 0 rings (SSSR count). The second kappa shape index (κ2) is 26.2. The van der Waals surface area contributed by atoms with Gasteiger partial charge in [0.2, 0.25) is 0 Å². The number of unbranched alkanes of at least 4 members (excludes halogenated alkanes) is 13. The quantitative estimate of drug-likeness (QED) is 0.0283. The molecule has 0 heterocycles. The second-order valence-electron chi connectivity index (χ2n) is 12.2. The normalized spacial score (nSPS) is 14.1. The van der Waals surface area contributed by atoms with Crippen LogP contribution in [0.1, 0.15) is 129 Å². The van der Waals surface area contributed by atoms with Crippen LogP contribution in [-0.2, 0) is 32.7 Å². The summed E-state index contributed by atoms with van der Waals surface area (Å²) in [4.78, 5) is 36.9. The molecule has 0 aromatic heterocycles. The van der Waals surface area contributed by atoms with Crippen LogP contribution < -0.4 is 4.89 Å². The van der Waals surface area contributed by atoms with E-state index in [-0.39, 0.29) is 26.1 Å². The zero-order chi connectivity index (χ0) is 31.5. The third kappa shape index (κ3) is 28.9. The molecular weight excluding hydrogens is 557 g/mol. The van der Waals surface area contributed by atoms with Crippen molar-refractivity contribution in [2.45, 2.75) is 136 Å². The first-order valence-electron chi connectivity index (χ1n) is 16.4. The Morgan fingerprint density at radius 2 is 1.21 bits per heavy atom. The van der Waals surface area contributed by atoms with Crippen molar-refractivity contribution in [3.63, 3.8) is 0 Å². The molecule has 0 N–H and O–H groups in total. The van der Waals surface area contributed by atoms with Crippen molar-refractivity contribution in [2.24, 2.45) is 0 Å². The van der Waals surface area contributed by atoms with Crippen molar-refractivity contribution in [3.8, 4) is 0 Å². The predicted octanol–water partition coefficient (Wildman–Crippen LogP) is 7.27. The van der Waals surface area contributed by atoms with Crippen molar-refractivity contribution in [1.29, 1.82) is 0 Å². The van der Waals surface area contributed by atoms with Crippen LogP contribution in [0.4, 0.5) is 0 Å². The molecule has 0 aliphatic carbocycles. The zero-order valence-electron chi connectivity index (χ0n) is 27.4. The molecule has 42 heavy (non-hydrogen) atoms. The minimum absolute atomic E-state index is 0.0305. The standard InChI is InChI=1S/C32H62NO8P/c1-6-8-10-12-14-15-16-17-18-19-21-23-25-32(35)41-30(28-38-31(34)24-22-20-13-11-9-7-2)29-40-42(36,37)39-27-26-33(3,4)5/h14-15,30H,6-13,16-29H2,1-5H3/b15-14-. The maximum Gasteiger partial charge on any atom is 0.306 e. The van der Waals surface area contributed by atoms with Crippen LogP contribution >= 0.6 is 7.82 Å². The van der Waals surface area contributed by atoms with Crippen molar-refractivity contribution >= 4 is 19.8 Å². The lowest BCUT2D eigenvalue weighted by Gasteiger charge is -2.28. The number of quaternary nitrogens is 1. The van der Waals surface area contributed by atoms with E-state index < -0.39 is 32.5 Å². The number of allylic oxidation sites excluding steroid dienone is 2. The Morgan fingerprint density at radius 1 is 0.714 bits per heavy atom. The van der Waals surface area contributed by atoms with Gasteiger partial charge in [0.15, 0.2) is 6.10 Å². The smallest absolute Gasteiger partial charge is 0.306 e. The summed E-state index contributed by atoms with van der Waals surface area (Å²) in [5.74, 6) is -0.857. The summed E-state index contributed by atoms with van der Waals surface area (Å²) in [6.45, 7) is 4.09. The first kappa shape index (κ1) is 40.8. The van der Waals surface area contributed by atoms with Gasteiger partial charge in [-0.3, -0.25) is 14.2 Å². The highest BCUT2D eigenvalue weighted by Crippen LogP contribution is 2.38. The van der Waals surface area contributed by atoms with Crippen molar-refractivity contribution in [3.05, 3.63) is 12.2 Å². The van der Waals surface area contributed by atoms with Crippen LogP contribution in [-0.4, -0.2) is 70.0 Å². The number of hydrogen-bond acceptors (Lipinski definition) is 8. The molecule has 0 aromatic rings. The number of carbonyl (C=O) groups is 2. The van der Waals surface area contributed by atoms with Crippen molar-refractivity contribution in [1.82, 2.24) is 0 Å². The molecule has 0 saturated carbocycles. The van der Waals surface area contributed by atoms with Crippen LogP contribution in [0.5, 0.6) is 0 Å². The van der Waals surface area contributed by atoms with E-state index >= 15 is 0 Å². The maximum absolute atomic E-state index is 12.5. The minimum Gasteiger partial charge on any atom is -0.756 e. The van der Waals surface area contributed by atoms with E-state index in [1.165, 1.54) is 32.1 Å². The van der Waals surface area contributed by atoms with Gasteiger partial charge in [-0.2, -0.15) is 0 Å². The summed E-state index contributed by atoms with van der Waals surface area (Å²) < 4.78 is 33.4. The Bertz CT molecular complexity index is 753. The molecule has 0 radical (unpaired) electrons. The molecule has 0 fully saturated rings. The number of nitrogens with zero attached hydrogens (tertiary/aromatic N) is 1. The lowest BCUT2D eigenvalue weighted by molar-refractivity contribution is -0.870. The number of carbonyl (C=O) groups excluding carboxylic acids is 2. The number of ether oxygens (including phenoxy) is 2. The fraction of sp³-hybridized carbons (Fsp3) is 0.875. The van der Waals surface area contributed by atoms with Gasteiger partial charge in [0.1, 0.15) is 19.8 Å². The van der Waals surface area contributed by atoms with E-state index in [9.17, 15) is 19.0 Å². The van der Waals surface area contributed by atoms with Gasteiger partial charge in [0.25, 0.3) is 7.82 Å². The van der Waals surface area contributed by atoms with Gasteiger partial charge in [0, 0.05) is 12.8 Å². The van der Waals surface area contributed by atoms with Gasteiger partial charge in [-0.05, 0) is 38.5 Å². The summed E-state index contributed by atoms with van der Waals surface area (Å²) in [5, 5.41) is 0. The Hall–Kier alpha value is -1.25. The van der Waals surface area contributed by atoms with Crippen LogP contribution in [0, 0.1) is 0 Å². The Labute approximate surface area is 256 Å². The topological polar surface area (TPSA) is 111 Å². The van der Waals surface area contributed by atoms with E-state index in [1.807, 2.05) is 21.1 Å². The Morgan fingerprint density at radius 3 is 1.81 bits per heavy atom. The molecule has 9 nitrogen and oxygen atoms in total. The van der Waals surface area contributed by atoms with Crippen LogP contribution in [0.3, 0.4) is 0 Å². The van der Waals surface area contributed by atoms with Gasteiger partial charge in [-0.1, -0.05) is 90.2 Å². The third-order valence-corrected chi connectivity index (χ3v) is 7.75. The average Bonchev–Trinajstić information content (AvgIpc) is 2.92. The zero-order valence-corrected chi connectivity index (χ0v) is 28.3. The summed E-state index contributed by atoms with van der Waals surface area (Å²) in [5.41, 5.74) is 0. The highest BCUT2D eigenvalue weighted by atomic mass is 31.2. The molecule has 0 spiro atoms. The van der Waals surface area contributed by atoms with Crippen LogP contribution in [0.25, 0.3) is 0 Å². The van der Waals surface area contributed by atoms with Gasteiger partial charge in [0.05, 0.1) is 27.7 Å². The van der Waals surface area contributed by atoms with Crippen LogP contribution in [0.2, 0.25) is 0 Å². The molecule has 0 bridgehead atoms. The van der Waals surface area contributed by atoms with E-state index in [0.29, 0.717) is 17.4 Å². The molecule has 10 heteroatoms. The SMILES string of the molecule is CCCCC/C=C\CCCCCCCC(=O)OC(COC(=O)CCCCCCCC)COP(=O)([O-])OCC[N+](C)(C)C. The molecule has 0 aromatic carbocycles. The number of rotatable bonds is 29. The average molecular weight is 620 g/mol. The molecule has 0 aliphatic heterocycles. The summed E-state index contributed by atoms with van der Waals surface area (Å²) in [6.07, 6.45) is 21.3. The van der Waals surface area contributed by atoms with Gasteiger partial charge < -0.3 is 27.9 Å². The van der Waals surface area contributed by atoms with E-state index in [4.69, 9.17) is 18.5 Å². The third-order valence-electron chi connectivity index (χ3n) is 6.79. The predicted molar refractivity (Wildman–Crippen MR) is 167 cm³/mol. The fourth-order valence-corrected chi connectivity index (χ4v) is 4.85. The number of esters is 2. The summed E-state index contributed by atoms with van der Waals surface area (Å²) in [7, 11) is 1.16. The fourth-order valence-electron chi connectivity index (χ4n) is 4.12. The monoisotopic (exact) mass is 619 g/mol. The molecular formula is C32H62NO8P. The minimum atomic E-state index is -4.60. The highest BCUT2D eigenvalue weighted by Gasteiger charge is 2.21. The molecule has 0 aliphatic rings. The van der Waals surface area contributed by atoms with Gasteiger partial charge in [-0.15, -0.1) is 0 Å². The van der Waals surface area contributed by atoms with Crippen molar-refractivity contribution < 1.29 is 42.1 Å². The Balaban J connectivity index is 4.50. The second-order valence-corrected chi connectivity index (χ2v) is 13.6. The number of phosphoric acid groups is 1. The molecule has 2 atom stereocenters. The molecule has 2 unspecified atom stereocenters. The van der Waals surface area contributed by atoms with Gasteiger partial charge in [-0.25, -0.2) is 0 Å². The summed E-state index contributed by atoms with van der Waals surface area (Å²) >= 11 is 0. The lowest BCUT2D eigenvalue weighted by atomic mass is 10.1. The van der Waals surface area contributed by atoms with Crippen molar-refractivity contribution in [2.75, 3.05) is 47.5 Å². The highest BCUT2D eigenvalue weighted by molar-refractivity contribution is 7.45. The molecule has 248 valence electrons. The van der Waals surface area contributed by atoms with Crippen LogP contribution in [0.15, 0.2) is 12.2 Å². The number of likely N-dealkylation sites (N-methyl/N-ethyl adjacent to an activating group) is 1. The lowest BCUT2D eigenvalue weighted by Crippen LogP contribution is -2.37. The summed E-state index contributed by atoms with van der Waals surface area (Å²) in [6, 6.07) is 0.